The molecule has 8 nitrogen and oxygen atoms in total. The van der Waals surface area contributed by atoms with Crippen LogP contribution in [0.3, 0.4) is 0 Å². The third-order valence-electron chi connectivity index (χ3n) is 3.81. The Morgan fingerprint density at radius 1 is 1.14 bits per heavy atom. The number of hydrogen-bond donors (Lipinski definition) is 2. The zero-order valence-corrected chi connectivity index (χ0v) is 17.6. The summed E-state index contributed by atoms with van der Waals surface area (Å²) in [5.74, 6) is 0. The molecule has 0 aliphatic carbocycles. The van der Waals surface area contributed by atoms with Crippen LogP contribution in [0, 0.1) is 0 Å². The molecule has 12 heteroatoms. The normalized spacial score (nSPS) is 11.6. The second kappa shape index (κ2) is 7.36. The second-order valence-electron chi connectivity index (χ2n) is 6.05. The summed E-state index contributed by atoms with van der Waals surface area (Å²) in [6.45, 7) is 3.77. The van der Waals surface area contributed by atoms with Crippen molar-refractivity contribution in [1.29, 1.82) is 0 Å². The molecular weight excluding hydrogens is 443 g/mol. The molecule has 144 valence electrons. The van der Waals surface area contributed by atoms with Crippen LogP contribution in [-0.4, -0.2) is 29.7 Å². The number of aromatic amines is 2. The number of aromatic nitrogens is 6. The number of H-pyrrole nitrogens is 2. The van der Waals surface area contributed by atoms with Crippen LogP contribution in [0.25, 0.3) is 21.6 Å². The van der Waals surface area contributed by atoms with Crippen molar-refractivity contribution in [1.82, 2.24) is 29.7 Å². The van der Waals surface area contributed by atoms with Crippen molar-refractivity contribution in [3.05, 3.63) is 48.5 Å². The lowest BCUT2D eigenvalue weighted by Crippen LogP contribution is -2.19. The Balaban J connectivity index is 1.94. The van der Waals surface area contributed by atoms with Gasteiger partial charge in [-0.05, 0) is 37.7 Å². The van der Waals surface area contributed by atoms with Crippen molar-refractivity contribution in [2.75, 3.05) is 0 Å². The molecule has 0 aliphatic rings. The maximum Gasteiger partial charge on any atom is 0.344 e. The van der Waals surface area contributed by atoms with Crippen LogP contribution in [0.4, 0.5) is 0 Å². The van der Waals surface area contributed by atoms with Gasteiger partial charge in [-0.15, -0.1) is 5.10 Å². The minimum absolute atomic E-state index is 0.0952. The zero-order chi connectivity index (χ0) is 20.0. The van der Waals surface area contributed by atoms with E-state index in [0.29, 0.717) is 41.8 Å². The van der Waals surface area contributed by atoms with Crippen molar-refractivity contribution in [2.24, 2.45) is 0 Å². The van der Waals surface area contributed by atoms with E-state index in [0.717, 1.165) is 11.3 Å². The molecule has 4 aromatic rings. The highest BCUT2D eigenvalue weighted by Gasteiger charge is 2.20. The lowest BCUT2D eigenvalue weighted by atomic mass is 10.3. The molecule has 2 N–H and O–H groups in total. The number of benzene rings is 1. The van der Waals surface area contributed by atoms with Crippen molar-refractivity contribution in [3.63, 3.8) is 0 Å². The lowest BCUT2D eigenvalue weighted by molar-refractivity contribution is 0.534. The molecule has 1 aromatic carbocycles. The molecule has 0 bridgehead atoms. The Hall–Kier alpha value is -2.14. The first kappa shape index (κ1) is 19.2. The van der Waals surface area contributed by atoms with Crippen LogP contribution in [0.2, 0.25) is 10.0 Å². The monoisotopic (exact) mass is 454 g/mol. The van der Waals surface area contributed by atoms with E-state index in [1.807, 2.05) is 13.8 Å². The smallest absolute Gasteiger partial charge is 0.319 e. The molecule has 0 aliphatic heterocycles. The number of nitrogens with zero attached hydrogens (tertiary/aromatic N) is 4. The first-order valence-corrected chi connectivity index (χ1v) is 10.4. The average molecular weight is 455 g/mol. The summed E-state index contributed by atoms with van der Waals surface area (Å²) in [5, 5.41) is 8.19. The van der Waals surface area contributed by atoms with Crippen molar-refractivity contribution in [3.8, 4) is 10.6 Å². The highest BCUT2D eigenvalue weighted by Crippen LogP contribution is 2.36. The predicted octanol–water partition coefficient (Wildman–Crippen LogP) is 3.97. The average Bonchev–Trinajstić information content (AvgIpc) is 3.21. The molecule has 0 unspecified atom stereocenters. The Labute approximate surface area is 176 Å². The summed E-state index contributed by atoms with van der Waals surface area (Å²) in [5.41, 5.74) is 1.26. The lowest BCUT2D eigenvalue weighted by Gasteiger charge is -2.11. The Bertz CT molecular complexity index is 1310. The minimum atomic E-state index is -0.311. The van der Waals surface area contributed by atoms with Gasteiger partial charge in [-0.2, -0.15) is 0 Å². The Morgan fingerprint density at radius 3 is 2.43 bits per heavy atom. The van der Waals surface area contributed by atoms with Gasteiger partial charge in [-0.3, -0.25) is 9.36 Å². The quantitative estimate of drug-likeness (QED) is 0.482. The van der Waals surface area contributed by atoms with Gasteiger partial charge in [0.15, 0.2) is 5.16 Å². The SMILES string of the molecule is CC(C)n1c(Sc2nc3cc(Cl)c(Cl)cc3nc2-c2c[nH]c(=O)s2)n[nH]c1=O. The third kappa shape index (κ3) is 3.48. The van der Waals surface area contributed by atoms with Gasteiger partial charge in [-0.25, -0.2) is 19.9 Å². The van der Waals surface area contributed by atoms with E-state index in [4.69, 9.17) is 23.2 Å². The van der Waals surface area contributed by atoms with E-state index >= 15 is 0 Å². The number of rotatable bonds is 4. The van der Waals surface area contributed by atoms with E-state index in [-0.39, 0.29) is 16.6 Å². The van der Waals surface area contributed by atoms with Gasteiger partial charge in [0, 0.05) is 12.2 Å². The van der Waals surface area contributed by atoms with Gasteiger partial charge < -0.3 is 4.98 Å². The van der Waals surface area contributed by atoms with Gasteiger partial charge in [0.25, 0.3) is 0 Å². The summed E-state index contributed by atoms with van der Waals surface area (Å²) in [7, 11) is 0. The summed E-state index contributed by atoms with van der Waals surface area (Å²) < 4.78 is 1.52. The molecule has 0 saturated heterocycles. The van der Waals surface area contributed by atoms with Gasteiger partial charge >= 0.3 is 10.6 Å². The van der Waals surface area contributed by atoms with Crippen LogP contribution < -0.4 is 10.6 Å². The molecular formula is C16H12Cl2N6O2S2. The summed E-state index contributed by atoms with van der Waals surface area (Å²) >= 11 is 14.4. The van der Waals surface area contributed by atoms with E-state index in [2.05, 4.69) is 25.1 Å². The fourth-order valence-electron chi connectivity index (χ4n) is 2.57. The first-order valence-electron chi connectivity index (χ1n) is 8.04. The maximum atomic E-state index is 12.0. The van der Waals surface area contributed by atoms with Gasteiger partial charge in [0.05, 0.1) is 26.0 Å². The van der Waals surface area contributed by atoms with Crippen LogP contribution in [0.5, 0.6) is 0 Å². The van der Waals surface area contributed by atoms with Crippen LogP contribution >= 0.6 is 46.3 Å². The number of halogens is 2. The first-order chi connectivity index (χ1) is 13.3. The maximum absolute atomic E-state index is 12.0. The summed E-state index contributed by atoms with van der Waals surface area (Å²) in [4.78, 5) is 36.0. The molecule has 0 fully saturated rings. The predicted molar refractivity (Wildman–Crippen MR) is 111 cm³/mol. The standard InChI is InChI=1S/C16H12Cl2N6O2S2/c1-6(2)24-14(25)22-23-15(24)28-13-12(11-5-19-16(26)27-11)20-9-3-7(17)8(18)4-10(9)21-13/h3-6H,1-2H3,(H,19,26)(H,22,25). The summed E-state index contributed by atoms with van der Waals surface area (Å²) in [6, 6.07) is 3.15. The number of hydrogen-bond acceptors (Lipinski definition) is 7. The van der Waals surface area contributed by atoms with Gasteiger partial charge in [-0.1, -0.05) is 34.5 Å². The number of nitrogens with one attached hydrogen (secondary N) is 2. The fourth-order valence-corrected chi connectivity index (χ4v) is 4.68. The zero-order valence-electron chi connectivity index (χ0n) is 14.5. The molecule has 3 heterocycles. The summed E-state index contributed by atoms with van der Waals surface area (Å²) in [6.07, 6.45) is 1.57. The third-order valence-corrected chi connectivity index (χ3v) is 6.31. The Kier molecular flexibility index (Phi) is 5.04. The van der Waals surface area contributed by atoms with Crippen LogP contribution in [0.15, 0.2) is 38.1 Å². The topological polar surface area (TPSA) is 109 Å². The molecule has 0 spiro atoms. The van der Waals surface area contributed by atoms with E-state index in [1.165, 1.54) is 16.3 Å². The minimum Gasteiger partial charge on any atom is -0.319 e. The van der Waals surface area contributed by atoms with Crippen molar-refractivity contribution >= 4 is 57.3 Å². The van der Waals surface area contributed by atoms with E-state index < -0.39 is 0 Å². The van der Waals surface area contributed by atoms with E-state index in [1.54, 1.807) is 18.3 Å². The molecule has 0 amide bonds. The van der Waals surface area contributed by atoms with E-state index in [9.17, 15) is 9.59 Å². The molecule has 3 aromatic heterocycles. The second-order valence-corrected chi connectivity index (χ2v) is 8.84. The largest absolute Gasteiger partial charge is 0.344 e. The van der Waals surface area contributed by atoms with Crippen molar-refractivity contribution in [2.45, 2.75) is 30.1 Å². The Morgan fingerprint density at radius 2 is 1.82 bits per heavy atom. The van der Waals surface area contributed by atoms with Crippen LogP contribution in [-0.2, 0) is 0 Å². The number of fused-ring (bicyclic) bond motifs is 1. The molecule has 28 heavy (non-hydrogen) atoms. The highest BCUT2D eigenvalue weighted by molar-refractivity contribution is 7.99. The molecule has 4 rings (SSSR count). The van der Waals surface area contributed by atoms with Gasteiger partial charge in [0.2, 0.25) is 0 Å². The van der Waals surface area contributed by atoms with Crippen LogP contribution in [0.1, 0.15) is 19.9 Å². The van der Waals surface area contributed by atoms with Crippen molar-refractivity contribution < 1.29 is 0 Å². The molecule has 0 atom stereocenters. The van der Waals surface area contributed by atoms with Gasteiger partial charge in [0.1, 0.15) is 10.7 Å². The molecule has 0 saturated carbocycles. The highest BCUT2D eigenvalue weighted by atomic mass is 35.5. The molecule has 0 radical (unpaired) electrons. The fraction of sp³-hybridized carbons (Fsp3) is 0.188. The number of thiazole rings is 1.